The third-order valence-electron chi connectivity index (χ3n) is 4.34. The van der Waals surface area contributed by atoms with Crippen LogP contribution in [0.2, 0.25) is 0 Å². The van der Waals surface area contributed by atoms with Gasteiger partial charge in [-0.1, -0.05) is 36.4 Å². The van der Waals surface area contributed by atoms with E-state index < -0.39 is 18.0 Å². The molecule has 0 aliphatic rings. The Morgan fingerprint density at radius 3 is 2.21 bits per heavy atom. The quantitative estimate of drug-likeness (QED) is 0.602. The van der Waals surface area contributed by atoms with Crippen molar-refractivity contribution in [2.75, 3.05) is 20.3 Å². The summed E-state index contributed by atoms with van der Waals surface area (Å²) in [5.41, 5.74) is 1.70. The third-order valence-corrected chi connectivity index (χ3v) is 4.34. The smallest absolute Gasteiger partial charge is 0.321 e. The van der Waals surface area contributed by atoms with E-state index in [1.807, 2.05) is 69.3 Å². The van der Waals surface area contributed by atoms with E-state index >= 15 is 0 Å². The molecule has 156 valence electrons. The van der Waals surface area contributed by atoms with Gasteiger partial charge in [0.05, 0.1) is 13.2 Å². The van der Waals surface area contributed by atoms with Crippen molar-refractivity contribution in [2.24, 2.45) is 0 Å². The van der Waals surface area contributed by atoms with Gasteiger partial charge in [0, 0.05) is 13.1 Å². The Balaban J connectivity index is 2.27. The Labute approximate surface area is 171 Å². The molecule has 2 atom stereocenters. The normalized spacial score (nSPS) is 12.6. The van der Waals surface area contributed by atoms with E-state index in [-0.39, 0.29) is 6.04 Å². The molecular weight excluding hydrogens is 370 g/mol. The number of nitrogens with one attached hydrogen (secondary N) is 3. The summed E-state index contributed by atoms with van der Waals surface area (Å²) < 4.78 is 11.3. The molecule has 2 rings (SSSR count). The first-order valence-electron chi connectivity index (χ1n) is 9.73. The molecule has 0 unspecified atom stereocenters. The van der Waals surface area contributed by atoms with Gasteiger partial charge >= 0.3 is 6.03 Å². The van der Waals surface area contributed by atoms with Gasteiger partial charge in [-0.25, -0.2) is 4.79 Å². The highest BCUT2D eigenvalue weighted by molar-refractivity contribution is 5.97. The number of ether oxygens (including phenoxy) is 2. The molecule has 0 saturated heterocycles. The summed E-state index contributed by atoms with van der Waals surface area (Å²) in [6, 6.07) is 13.5. The number of carbonyl (C=O) groups is 2. The van der Waals surface area contributed by atoms with Crippen LogP contribution in [0.1, 0.15) is 44.0 Å². The summed E-state index contributed by atoms with van der Waals surface area (Å²) in [5.74, 6) is 0.909. The fraction of sp³-hybridized carbons (Fsp3) is 0.364. The second-order valence-electron chi connectivity index (χ2n) is 6.37. The zero-order valence-electron chi connectivity index (χ0n) is 17.3. The van der Waals surface area contributed by atoms with Gasteiger partial charge in [0.2, 0.25) is 5.91 Å². The molecule has 3 N–H and O–H groups in total. The second-order valence-corrected chi connectivity index (χ2v) is 6.37. The first-order chi connectivity index (χ1) is 14.0. The van der Waals surface area contributed by atoms with Crippen LogP contribution < -0.4 is 25.4 Å². The molecule has 0 spiro atoms. The van der Waals surface area contributed by atoms with Crippen molar-refractivity contribution in [2.45, 2.75) is 32.9 Å². The monoisotopic (exact) mass is 399 g/mol. The highest BCUT2D eigenvalue weighted by Crippen LogP contribution is 2.31. The lowest BCUT2D eigenvalue weighted by Gasteiger charge is -2.24. The molecule has 7 heteroatoms. The molecule has 0 saturated carbocycles. The highest BCUT2D eigenvalue weighted by Gasteiger charge is 2.24. The lowest BCUT2D eigenvalue weighted by molar-refractivity contribution is -0.122. The van der Waals surface area contributed by atoms with E-state index in [0.717, 1.165) is 11.1 Å². The predicted octanol–water partition coefficient (Wildman–Crippen LogP) is 3.33. The first kappa shape index (κ1) is 22.2. The fourth-order valence-corrected chi connectivity index (χ4v) is 2.90. The summed E-state index contributed by atoms with van der Waals surface area (Å²) in [4.78, 5) is 24.3. The average Bonchev–Trinajstić information content (AvgIpc) is 2.73. The van der Waals surface area contributed by atoms with Crippen LogP contribution in [0.4, 0.5) is 4.79 Å². The summed E-state index contributed by atoms with van der Waals surface area (Å²) in [7, 11) is 1.46. The zero-order valence-corrected chi connectivity index (χ0v) is 17.3. The van der Waals surface area contributed by atoms with E-state index in [1.165, 1.54) is 7.05 Å². The summed E-state index contributed by atoms with van der Waals surface area (Å²) in [6.07, 6.45) is 0. The van der Waals surface area contributed by atoms with E-state index in [9.17, 15) is 9.59 Å². The number of amides is 3. The van der Waals surface area contributed by atoms with Gasteiger partial charge in [-0.2, -0.15) is 0 Å². The van der Waals surface area contributed by atoms with Gasteiger partial charge in [-0.3, -0.25) is 15.4 Å². The molecule has 0 aliphatic carbocycles. The van der Waals surface area contributed by atoms with Gasteiger partial charge in [0.25, 0.3) is 0 Å². The van der Waals surface area contributed by atoms with Crippen LogP contribution in [0.15, 0.2) is 48.5 Å². The summed E-state index contributed by atoms with van der Waals surface area (Å²) in [6.45, 7) is 6.85. The predicted molar refractivity (Wildman–Crippen MR) is 112 cm³/mol. The van der Waals surface area contributed by atoms with Crippen LogP contribution in [0, 0.1) is 0 Å². The van der Waals surface area contributed by atoms with Gasteiger partial charge in [0.1, 0.15) is 6.04 Å². The molecule has 0 fully saturated rings. The van der Waals surface area contributed by atoms with Gasteiger partial charge < -0.3 is 14.8 Å². The number of hydrogen-bond acceptors (Lipinski definition) is 5. The van der Waals surface area contributed by atoms with Crippen LogP contribution in [0.5, 0.6) is 11.5 Å². The minimum Gasteiger partial charge on any atom is -0.490 e. The first-order valence-corrected chi connectivity index (χ1v) is 9.73. The maximum Gasteiger partial charge on any atom is 0.321 e. The Bertz CT molecular complexity index is 811. The van der Waals surface area contributed by atoms with Crippen LogP contribution in [0.3, 0.4) is 0 Å². The van der Waals surface area contributed by atoms with Crippen molar-refractivity contribution in [1.82, 2.24) is 16.0 Å². The lowest BCUT2D eigenvalue weighted by Crippen LogP contribution is -2.44. The number of rotatable bonds is 9. The van der Waals surface area contributed by atoms with E-state index in [0.29, 0.717) is 24.7 Å². The molecule has 29 heavy (non-hydrogen) atoms. The molecule has 3 amide bonds. The molecule has 0 aromatic heterocycles. The number of imide groups is 1. The molecule has 0 heterocycles. The van der Waals surface area contributed by atoms with Crippen LogP contribution in [0.25, 0.3) is 0 Å². The van der Waals surface area contributed by atoms with Crippen molar-refractivity contribution in [3.8, 4) is 11.5 Å². The largest absolute Gasteiger partial charge is 0.490 e. The molecule has 0 radical (unpaired) electrons. The third kappa shape index (κ3) is 6.22. The number of hydrogen-bond donors (Lipinski definition) is 3. The van der Waals surface area contributed by atoms with E-state index in [2.05, 4.69) is 16.0 Å². The highest BCUT2D eigenvalue weighted by atomic mass is 16.5. The Morgan fingerprint density at radius 1 is 0.931 bits per heavy atom. The molecular formula is C22H29N3O4. The molecule has 2 aromatic rings. The second kappa shape index (κ2) is 11.1. The molecule has 2 aromatic carbocycles. The van der Waals surface area contributed by atoms with Crippen molar-refractivity contribution in [1.29, 1.82) is 0 Å². The van der Waals surface area contributed by atoms with Crippen LogP contribution in [-0.4, -0.2) is 32.2 Å². The van der Waals surface area contributed by atoms with Gasteiger partial charge in [-0.05, 0) is 44.0 Å². The molecule has 7 nitrogen and oxygen atoms in total. The van der Waals surface area contributed by atoms with E-state index in [1.54, 1.807) is 0 Å². The molecule has 0 aliphatic heterocycles. The van der Waals surface area contributed by atoms with Crippen molar-refractivity contribution < 1.29 is 19.1 Å². The van der Waals surface area contributed by atoms with Gasteiger partial charge in [-0.15, -0.1) is 0 Å². The minimum absolute atomic E-state index is 0.189. The zero-order chi connectivity index (χ0) is 21.2. The standard InChI is InChI=1S/C22H29N3O4/c1-5-28-18-13-12-17(14-19(18)29-6-2)15(3)24-20(16-10-8-7-9-11-16)21(26)25-22(27)23-4/h7-15,20,24H,5-6H2,1-4H3,(H2,23,25,26,27)/t15-,20+/m1/s1. The maximum atomic E-state index is 12.7. The number of benzene rings is 2. The summed E-state index contributed by atoms with van der Waals surface area (Å²) in [5, 5.41) is 8.06. The Hall–Kier alpha value is -3.06. The van der Waals surface area contributed by atoms with Crippen molar-refractivity contribution >= 4 is 11.9 Å². The molecule has 0 bridgehead atoms. The fourth-order valence-electron chi connectivity index (χ4n) is 2.90. The van der Waals surface area contributed by atoms with Crippen LogP contribution in [-0.2, 0) is 4.79 Å². The Morgan fingerprint density at radius 2 is 1.59 bits per heavy atom. The number of carbonyl (C=O) groups excluding carboxylic acids is 2. The lowest BCUT2D eigenvalue weighted by atomic mass is 10.0. The maximum absolute atomic E-state index is 12.7. The minimum atomic E-state index is -0.703. The Kier molecular flexibility index (Phi) is 8.48. The van der Waals surface area contributed by atoms with Gasteiger partial charge in [0.15, 0.2) is 11.5 Å². The van der Waals surface area contributed by atoms with Crippen LogP contribution >= 0.6 is 0 Å². The topological polar surface area (TPSA) is 88.7 Å². The summed E-state index contributed by atoms with van der Waals surface area (Å²) >= 11 is 0. The number of urea groups is 1. The van der Waals surface area contributed by atoms with Crippen molar-refractivity contribution in [3.63, 3.8) is 0 Å². The van der Waals surface area contributed by atoms with Crippen molar-refractivity contribution in [3.05, 3.63) is 59.7 Å². The average molecular weight is 399 g/mol. The van der Waals surface area contributed by atoms with E-state index in [4.69, 9.17) is 9.47 Å². The SMILES string of the molecule is CCOc1ccc([C@@H](C)N[C@H](C(=O)NC(=O)NC)c2ccccc2)cc1OCC.